The summed E-state index contributed by atoms with van der Waals surface area (Å²) in [5.74, 6) is -0.258. The van der Waals surface area contributed by atoms with Gasteiger partial charge in [0.1, 0.15) is 0 Å². The van der Waals surface area contributed by atoms with E-state index >= 15 is 0 Å². The molecule has 3 heterocycles. The molecule has 0 radical (unpaired) electrons. The van der Waals surface area contributed by atoms with Gasteiger partial charge in [-0.05, 0) is 44.3 Å². The van der Waals surface area contributed by atoms with Gasteiger partial charge in [0, 0.05) is 12.1 Å². The number of nitrogens with zero attached hydrogens (tertiary/aromatic N) is 1. The largest absolute Gasteiger partial charge is 0.478 e. The van der Waals surface area contributed by atoms with Gasteiger partial charge in [-0.15, -0.1) is 0 Å². The Hall–Kier alpha value is -0.830. The van der Waals surface area contributed by atoms with Gasteiger partial charge in [-0.1, -0.05) is 0 Å². The quantitative estimate of drug-likeness (QED) is 0.616. The first-order valence-corrected chi connectivity index (χ1v) is 4.87. The van der Waals surface area contributed by atoms with E-state index in [0.29, 0.717) is 12.0 Å². The first kappa shape index (κ1) is 8.75. The standard InChI is InChI=1S/C10H15NO2/c1-7-9(6-10(12)13)8-2-4-11(7)5-3-8/h6-8H,2-5H2,1H3,(H,12,13). The smallest absolute Gasteiger partial charge is 0.328 e. The molecule has 3 rings (SSSR count). The Morgan fingerprint density at radius 1 is 1.54 bits per heavy atom. The maximum atomic E-state index is 10.6. The van der Waals surface area contributed by atoms with Gasteiger partial charge in [-0.25, -0.2) is 4.79 Å². The molecule has 0 spiro atoms. The molecule has 72 valence electrons. The van der Waals surface area contributed by atoms with Crippen LogP contribution in [0.4, 0.5) is 0 Å². The van der Waals surface area contributed by atoms with Crippen molar-refractivity contribution in [2.24, 2.45) is 5.92 Å². The number of rotatable bonds is 1. The Morgan fingerprint density at radius 3 is 2.62 bits per heavy atom. The Labute approximate surface area is 78.0 Å². The average molecular weight is 181 g/mol. The van der Waals surface area contributed by atoms with E-state index in [2.05, 4.69) is 11.8 Å². The minimum absolute atomic E-state index is 0.351. The highest BCUT2D eigenvalue weighted by atomic mass is 16.4. The number of carbonyl (C=O) groups is 1. The van der Waals surface area contributed by atoms with Gasteiger partial charge in [-0.2, -0.15) is 0 Å². The molecule has 3 aliphatic heterocycles. The third-order valence-corrected chi connectivity index (χ3v) is 3.32. The fourth-order valence-corrected chi connectivity index (χ4v) is 2.55. The highest BCUT2D eigenvalue weighted by Crippen LogP contribution is 2.36. The van der Waals surface area contributed by atoms with Gasteiger partial charge >= 0.3 is 5.97 Å². The molecule has 0 amide bonds. The summed E-state index contributed by atoms with van der Waals surface area (Å²) in [6.45, 7) is 4.39. The van der Waals surface area contributed by atoms with E-state index in [0.717, 1.165) is 31.5 Å². The van der Waals surface area contributed by atoms with Crippen LogP contribution < -0.4 is 0 Å². The molecular weight excluding hydrogens is 166 g/mol. The number of aliphatic carboxylic acids is 1. The highest BCUT2D eigenvalue weighted by Gasteiger charge is 2.35. The van der Waals surface area contributed by atoms with Crippen molar-refractivity contribution in [3.05, 3.63) is 11.6 Å². The highest BCUT2D eigenvalue weighted by molar-refractivity contribution is 5.81. The molecule has 0 aromatic heterocycles. The summed E-state index contributed by atoms with van der Waals surface area (Å²) < 4.78 is 0. The predicted molar refractivity (Wildman–Crippen MR) is 49.5 cm³/mol. The van der Waals surface area contributed by atoms with Crippen LogP contribution in [-0.4, -0.2) is 35.1 Å². The molecule has 3 saturated heterocycles. The van der Waals surface area contributed by atoms with Gasteiger partial charge < -0.3 is 5.11 Å². The molecule has 0 aromatic rings. The Kier molecular flexibility index (Phi) is 2.12. The molecule has 3 heteroatoms. The van der Waals surface area contributed by atoms with Crippen LogP contribution in [0.3, 0.4) is 0 Å². The number of carboxylic acids is 1. The van der Waals surface area contributed by atoms with Gasteiger partial charge in [0.2, 0.25) is 0 Å². The molecule has 0 saturated carbocycles. The van der Waals surface area contributed by atoms with Crippen LogP contribution in [0.1, 0.15) is 19.8 Å². The normalized spacial score (nSPS) is 41.0. The van der Waals surface area contributed by atoms with E-state index in [-0.39, 0.29) is 0 Å². The van der Waals surface area contributed by atoms with Crippen molar-refractivity contribution in [1.29, 1.82) is 0 Å². The van der Waals surface area contributed by atoms with Crippen LogP contribution >= 0.6 is 0 Å². The van der Waals surface area contributed by atoms with Crippen LogP contribution in [0.15, 0.2) is 11.6 Å². The van der Waals surface area contributed by atoms with E-state index in [1.165, 1.54) is 6.08 Å². The van der Waals surface area contributed by atoms with Gasteiger partial charge in [0.05, 0.1) is 0 Å². The van der Waals surface area contributed by atoms with Crippen LogP contribution in [-0.2, 0) is 4.79 Å². The number of fused-ring (bicyclic) bond motifs is 3. The number of carboxylic acid groups (broad SMARTS) is 1. The zero-order chi connectivity index (χ0) is 9.42. The van der Waals surface area contributed by atoms with Crippen molar-refractivity contribution in [2.75, 3.05) is 13.1 Å². The summed E-state index contributed by atoms with van der Waals surface area (Å²) >= 11 is 0. The molecule has 3 fully saturated rings. The fraction of sp³-hybridized carbons (Fsp3) is 0.700. The van der Waals surface area contributed by atoms with Crippen molar-refractivity contribution >= 4 is 5.97 Å². The fourth-order valence-electron chi connectivity index (χ4n) is 2.55. The monoisotopic (exact) mass is 181 g/mol. The third-order valence-electron chi connectivity index (χ3n) is 3.32. The lowest BCUT2D eigenvalue weighted by Crippen LogP contribution is -2.49. The second-order valence-electron chi connectivity index (χ2n) is 3.97. The molecule has 2 bridgehead atoms. The van der Waals surface area contributed by atoms with E-state index in [9.17, 15) is 4.79 Å². The van der Waals surface area contributed by atoms with Gasteiger partial charge in [0.15, 0.2) is 0 Å². The lowest BCUT2D eigenvalue weighted by Gasteiger charge is -2.46. The van der Waals surface area contributed by atoms with E-state index in [1.54, 1.807) is 0 Å². The SMILES string of the molecule is CC1C(=CC(=O)O)C2CCN1CC2. The first-order valence-electron chi connectivity index (χ1n) is 4.87. The van der Waals surface area contributed by atoms with Gasteiger partial charge in [0.25, 0.3) is 0 Å². The van der Waals surface area contributed by atoms with Crippen molar-refractivity contribution in [3.63, 3.8) is 0 Å². The van der Waals surface area contributed by atoms with Crippen molar-refractivity contribution in [3.8, 4) is 0 Å². The summed E-state index contributed by atoms with van der Waals surface area (Å²) in [6, 6.07) is 0.351. The zero-order valence-electron chi connectivity index (χ0n) is 7.86. The molecule has 0 aliphatic carbocycles. The number of hydrogen-bond acceptors (Lipinski definition) is 2. The third kappa shape index (κ3) is 1.48. The Morgan fingerprint density at radius 2 is 2.15 bits per heavy atom. The van der Waals surface area contributed by atoms with Crippen LogP contribution in [0.2, 0.25) is 0 Å². The summed E-state index contributed by atoms with van der Waals surface area (Å²) in [5, 5.41) is 8.72. The lowest BCUT2D eigenvalue weighted by atomic mass is 9.79. The average Bonchev–Trinajstić information content (AvgIpc) is 2.11. The van der Waals surface area contributed by atoms with Crippen LogP contribution in [0.25, 0.3) is 0 Å². The number of piperidine rings is 3. The lowest BCUT2D eigenvalue weighted by molar-refractivity contribution is -0.131. The minimum atomic E-state index is -0.796. The van der Waals surface area contributed by atoms with E-state index in [4.69, 9.17) is 5.11 Å². The van der Waals surface area contributed by atoms with Crippen molar-refractivity contribution in [1.82, 2.24) is 4.90 Å². The first-order chi connectivity index (χ1) is 6.18. The van der Waals surface area contributed by atoms with E-state index < -0.39 is 5.97 Å². The minimum Gasteiger partial charge on any atom is -0.478 e. The summed E-state index contributed by atoms with van der Waals surface area (Å²) in [5.41, 5.74) is 1.13. The Balaban J connectivity index is 2.23. The van der Waals surface area contributed by atoms with Crippen LogP contribution in [0, 0.1) is 5.92 Å². The maximum Gasteiger partial charge on any atom is 0.328 e. The predicted octanol–water partition coefficient (Wildman–Crippen LogP) is 1.11. The van der Waals surface area contributed by atoms with Crippen molar-refractivity contribution < 1.29 is 9.90 Å². The molecule has 3 aliphatic rings. The molecule has 3 nitrogen and oxygen atoms in total. The molecule has 1 N–H and O–H groups in total. The van der Waals surface area contributed by atoms with Crippen molar-refractivity contribution in [2.45, 2.75) is 25.8 Å². The van der Waals surface area contributed by atoms with Gasteiger partial charge in [-0.3, -0.25) is 4.90 Å². The molecule has 13 heavy (non-hydrogen) atoms. The second kappa shape index (κ2) is 3.14. The molecular formula is C10H15NO2. The summed E-state index contributed by atoms with van der Waals surface area (Å²) in [6.07, 6.45) is 3.70. The number of hydrogen-bond donors (Lipinski definition) is 1. The summed E-state index contributed by atoms with van der Waals surface area (Å²) in [7, 11) is 0. The molecule has 1 unspecified atom stereocenters. The zero-order valence-corrected chi connectivity index (χ0v) is 7.86. The van der Waals surface area contributed by atoms with E-state index in [1.807, 2.05) is 0 Å². The Bertz CT molecular complexity index is 248. The topological polar surface area (TPSA) is 40.5 Å². The maximum absolute atomic E-state index is 10.6. The van der Waals surface area contributed by atoms with Crippen LogP contribution in [0.5, 0.6) is 0 Å². The second-order valence-corrected chi connectivity index (χ2v) is 3.97. The summed E-state index contributed by atoms with van der Waals surface area (Å²) in [4.78, 5) is 13.0. The molecule has 1 atom stereocenters. The molecule has 0 aromatic carbocycles.